The summed E-state index contributed by atoms with van der Waals surface area (Å²) in [7, 11) is -3.99. The lowest BCUT2D eigenvalue weighted by atomic mass is 10.1. The summed E-state index contributed by atoms with van der Waals surface area (Å²) in [5, 5.41) is 15.7. The summed E-state index contributed by atoms with van der Waals surface area (Å²) in [6.45, 7) is 3.54. The van der Waals surface area contributed by atoms with Gasteiger partial charge < -0.3 is 5.32 Å². The van der Waals surface area contributed by atoms with E-state index in [-0.39, 0.29) is 22.0 Å². The third-order valence-electron chi connectivity index (χ3n) is 4.44. The maximum absolute atomic E-state index is 13.2. The highest BCUT2D eigenvalue weighted by atomic mass is 32.2. The van der Waals surface area contributed by atoms with Crippen LogP contribution in [0.15, 0.2) is 35.5 Å². The smallest absolute Gasteiger partial charge is 0.297 e. The van der Waals surface area contributed by atoms with Gasteiger partial charge in [-0.25, -0.2) is 8.42 Å². The largest absolute Gasteiger partial charge is 0.315 e. The van der Waals surface area contributed by atoms with Crippen molar-refractivity contribution in [2.24, 2.45) is 0 Å². The van der Waals surface area contributed by atoms with Crippen molar-refractivity contribution in [3.05, 3.63) is 40.7 Å². The van der Waals surface area contributed by atoms with Gasteiger partial charge in [0.25, 0.3) is 5.69 Å². The molecule has 1 aromatic carbocycles. The highest BCUT2D eigenvalue weighted by Crippen LogP contribution is 2.34. The Kier molecular flexibility index (Phi) is 4.98. The van der Waals surface area contributed by atoms with Crippen molar-refractivity contribution in [1.29, 1.82) is 0 Å². The van der Waals surface area contributed by atoms with E-state index >= 15 is 0 Å². The Labute approximate surface area is 146 Å². The van der Waals surface area contributed by atoms with Gasteiger partial charge in [-0.1, -0.05) is 6.07 Å². The number of nitro groups is 1. The standard InChI is InChI=1S/C16H20N4O4S/c1-12-10-17-7-2-3-9-19(12)25(23,24)15-5-4-13-11-18-8-6-14(13)16(15)20(21)22/h4-6,8,11-12,17H,2-3,7,9-10H2,1H3/t12-/m1/s1. The number of nitrogens with one attached hydrogen (secondary N) is 1. The molecule has 1 aliphatic rings. The molecular formula is C16H20N4O4S. The molecule has 0 spiro atoms. The lowest BCUT2D eigenvalue weighted by Gasteiger charge is -2.30. The number of rotatable bonds is 3. The first kappa shape index (κ1) is 17.7. The molecule has 2 aromatic rings. The van der Waals surface area contributed by atoms with E-state index in [0.29, 0.717) is 24.9 Å². The predicted molar refractivity (Wildman–Crippen MR) is 93.9 cm³/mol. The Bertz CT molecular complexity index is 900. The molecule has 0 amide bonds. The fourth-order valence-corrected chi connectivity index (χ4v) is 5.00. The van der Waals surface area contributed by atoms with Crippen LogP contribution < -0.4 is 5.32 Å². The van der Waals surface area contributed by atoms with Gasteiger partial charge >= 0.3 is 0 Å². The van der Waals surface area contributed by atoms with Gasteiger partial charge in [0.2, 0.25) is 10.0 Å². The maximum atomic E-state index is 13.2. The molecule has 1 N–H and O–H groups in total. The SMILES string of the molecule is C[C@@H]1CNCCCCN1S(=O)(=O)c1ccc2cnccc2c1[N+](=O)[O-]. The van der Waals surface area contributed by atoms with Crippen LogP contribution in [0.5, 0.6) is 0 Å². The zero-order valence-electron chi connectivity index (χ0n) is 13.9. The van der Waals surface area contributed by atoms with Crippen molar-refractivity contribution < 1.29 is 13.3 Å². The van der Waals surface area contributed by atoms with E-state index in [4.69, 9.17) is 0 Å². The topological polar surface area (TPSA) is 105 Å². The molecule has 134 valence electrons. The molecule has 3 rings (SSSR count). The molecule has 0 radical (unpaired) electrons. The van der Waals surface area contributed by atoms with E-state index in [9.17, 15) is 18.5 Å². The molecule has 25 heavy (non-hydrogen) atoms. The van der Waals surface area contributed by atoms with Crippen molar-refractivity contribution in [3.63, 3.8) is 0 Å². The van der Waals surface area contributed by atoms with Gasteiger partial charge in [0, 0.05) is 36.9 Å². The lowest BCUT2D eigenvalue weighted by Crippen LogP contribution is -2.46. The molecule has 0 unspecified atom stereocenters. The minimum Gasteiger partial charge on any atom is -0.315 e. The molecule has 1 saturated heterocycles. The van der Waals surface area contributed by atoms with E-state index in [1.807, 2.05) is 6.92 Å². The number of aromatic nitrogens is 1. The summed E-state index contributed by atoms with van der Waals surface area (Å²) in [5.74, 6) is 0. The molecule has 9 heteroatoms. The van der Waals surface area contributed by atoms with Gasteiger partial charge in [0.15, 0.2) is 4.90 Å². The number of nitro benzene ring substituents is 1. The van der Waals surface area contributed by atoms with Crippen LogP contribution in [-0.4, -0.2) is 48.3 Å². The minimum absolute atomic E-state index is 0.261. The van der Waals surface area contributed by atoms with Gasteiger partial charge in [-0.15, -0.1) is 0 Å². The summed E-state index contributed by atoms with van der Waals surface area (Å²) in [6.07, 6.45) is 4.49. The van der Waals surface area contributed by atoms with Crippen LogP contribution in [-0.2, 0) is 10.0 Å². The van der Waals surface area contributed by atoms with Crippen LogP contribution in [0.1, 0.15) is 19.8 Å². The first-order valence-electron chi connectivity index (χ1n) is 8.16. The van der Waals surface area contributed by atoms with E-state index in [2.05, 4.69) is 10.3 Å². The van der Waals surface area contributed by atoms with Crippen LogP contribution in [0.4, 0.5) is 5.69 Å². The minimum atomic E-state index is -3.99. The quantitative estimate of drug-likeness (QED) is 0.659. The van der Waals surface area contributed by atoms with E-state index in [1.165, 1.54) is 28.8 Å². The second kappa shape index (κ2) is 7.03. The van der Waals surface area contributed by atoms with Crippen LogP contribution in [0.2, 0.25) is 0 Å². The summed E-state index contributed by atoms with van der Waals surface area (Å²) < 4.78 is 27.8. The Morgan fingerprint density at radius 2 is 2.12 bits per heavy atom. The molecule has 0 bridgehead atoms. The zero-order chi connectivity index (χ0) is 18.0. The predicted octanol–water partition coefficient (Wildman–Crippen LogP) is 1.91. The van der Waals surface area contributed by atoms with Gasteiger partial charge in [0.05, 0.1) is 10.3 Å². The summed E-state index contributed by atoms with van der Waals surface area (Å²) >= 11 is 0. The Morgan fingerprint density at radius 3 is 2.88 bits per heavy atom. The number of hydrogen-bond donors (Lipinski definition) is 1. The van der Waals surface area contributed by atoms with Crippen molar-refractivity contribution in [2.45, 2.75) is 30.7 Å². The molecule has 1 atom stereocenters. The van der Waals surface area contributed by atoms with Gasteiger partial charge in [-0.3, -0.25) is 15.1 Å². The van der Waals surface area contributed by atoms with Crippen LogP contribution >= 0.6 is 0 Å². The van der Waals surface area contributed by atoms with E-state index in [1.54, 1.807) is 6.07 Å². The average Bonchev–Trinajstić information content (AvgIpc) is 2.56. The van der Waals surface area contributed by atoms with Gasteiger partial charge in [0.1, 0.15) is 0 Å². The molecular weight excluding hydrogens is 344 g/mol. The Hall–Kier alpha value is -2.10. The summed E-state index contributed by atoms with van der Waals surface area (Å²) in [4.78, 5) is 14.7. The molecule has 1 aliphatic heterocycles. The van der Waals surface area contributed by atoms with E-state index < -0.39 is 14.9 Å². The molecule has 8 nitrogen and oxygen atoms in total. The third kappa shape index (κ3) is 3.35. The second-order valence-electron chi connectivity index (χ2n) is 6.14. The third-order valence-corrected chi connectivity index (χ3v) is 6.48. The molecule has 1 fully saturated rings. The summed E-state index contributed by atoms with van der Waals surface area (Å²) in [6, 6.07) is 4.08. The summed E-state index contributed by atoms with van der Waals surface area (Å²) in [5.41, 5.74) is -0.387. The van der Waals surface area contributed by atoms with Crippen LogP contribution in [0.3, 0.4) is 0 Å². The number of benzene rings is 1. The van der Waals surface area contributed by atoms with Crippen molar-refractivity contribution in [3.8, 4) is 0 Å². The Balaban J connectivity index is 2.16. The lowest BCUT2D eigenvalue weighted by molar-refractivity contribution is -0.386. The average molecular weight is 364 g/mol. The van der Waals surface area contributed by atoms with Crippen molar-refractivity contribution in [1.82, 2.24) is 14.6 Å². The molecule has 0 saturated carbocycles. The normalized spacial score (nSPS) is 20.1. The number of sulfonamides is 1. The number of pyridine rings is 1. The number of nitrogens with zero attached hydrogens (tertiary/aromatic N) is 3. The molecule has 2 heterocycles. The van der Waals surface area contributed by atoms with Crippen molar-refractivity contribution >= 4 is 26.5 Å². The number of hydrogen-bond acceptors (Lipinski definition) is 6. The molecule has 1 aromatic heterocycles. The first-order chi connectivity index (χ1) is 11.9. The van der Waals surface area contributed by atoms with E-state index in [0.717, 1.165) is 13.0 Å². The Morgan fingerprint density at radius 1 is 1.32 bits per heavy atom. The van der Waals surface area contributed by atoms with Crippen LogP contribution in [0, 0.1) is 10.1 Å². The number of fused-ring (bicyclic) bond motifs is 1. The monoisotopic (exact) mass is 364 g/mol. The molecule has 0 aliphatic carbocycles. The van der Waals surface area contributed by atoms with Gasteiger partial charge in [-0.05, 0) is 38.4 Å². The zero-order valence-corrected chi connectivity index (χ0v) is 14.7. The first-order valence-corrected chi connectivity index (χ1v) is 9.60. The van der Waals surface area contributed by atoms with Gasteiger partial charge in [-0.2, -0.15) is 4.31 Å². The fourth-order valence-electron chi connectivity index (χ4n) is 3.16. The van der Waals surface area contributed by atoms with Crippen molar-refractivity contribution in [2.75, 3.05) is 19.6 Å². The highest BCUT2D eigenvalue weighted by Gasteiger charge is 2.35. The second-order valence-corrected chi connectivity index (χ2v) is 8.00. The fraction of sp³-hybridized carbons (Fsp3) is 0.438. The highest BCUT2D eigenvalue weighted by molar-refractivity contribution is 7.89. The van der Waals surface area contributed by atoms with Crippen LogP contribution in [0.25, 0.3) is 10.8 Å². The maximum Gasteiger partial charge on any atom is 0.297 e.